The van der Waals surface area contributed by atoms with Crippen LogP contribution in [0.3, 0.4) is 0 Å². The van der Waals surface area contributed by atoms with Crippen molar-refractivity contribution in [3.8, 4) is 9.75 Å². The summed E-state index contributed by atoms with van der Waals surface area (Å²) in [7, 11) is 0. The lowest BCUT2D eigenvalue weighted by atomic mass is 10.3. The van der Waals surface area contributed by atoms with Crippen LogP contribution in [-0.2, 0) is 0 Å². The second kappa shape index (κ2) is 4.15. The Morgan fingerprint density at radius 2 is 1.55 bits per heavy atom. The van der Waals surface area contributed by atoms with Crippen LogP contribution >= 0.6 is 56.7 Å². The number of rotatable bonds is 1. The standard InChI is InChI=1S/C15H8S5/c1-7-5-8-12-13(19-14(8)17-7)9-6-11(18-15(9)20-12)10-3-2-4-16-10/h2-6H,1H3. The van der Waals surface area contributed by atoms with Gasteiger partial charge in [0.05, 0.1) is 17.4 Å². The molecule has 5 rings (SSSR count). The molecule has 5 heteroatoms. The van der Waals surface area contributed by atoms with Crippen LogP contribution in [0.25, 0.3) is 38.0 Å². The molecule has 0 saturated carbocycles. The van der Waals surface area contributed by atoms with E-state index >= 15 is 0 Å². The third-order valence-corrected chi connectivity index (χ3v) is 9.40. The summed E-state index contributed by atoms with van der Waals surface area (Å²) in [6, 6.07) is 9.08. The summed E-state index contributed by atoms with van der Waals surface area (Å²) in [4.78, 5) is 4.22. The summed E-state index contributed by atoms with van der Waals surface area (Å²) in [5.74, 6) is 0. The van der Waals surface area contributed by atoms with Gasteiger partial charge in [-0.2, -0.15) is 0 Å². The monoisotopic (exact) mass is 348 g/mol. The van der Waals surface area contributed by atoms with Crippen LogP contribution < -0.4 is 0 Å². The molecule has 0 fully saturated rings. The van der Waals surface area contributed by atoms with Crippen LogP contribution in [0.5, 0.6) is 0 Å². The van der Waals surface area contributed by atoms with E-state index < -0.39 is 0 Å². The van der Waals surface area contributed by atoms with Crippen molar-refractivity contribution in [2.24, 2.45) is 0 Å². The molecule has 5 aromatic rings. The Balaban J connectivity index is 1.85. The fourth-order valence-electron chi connectivity index (χ4n) is 2.51. The minimum absolute atomic E-state index is 1.39. The van der Waals surface area contributed by atoms with Crippen molar-refractivity contribution in [2.45, 2.75) is 6.92 Å². The highest BCUT2D eigenvalue weighted by molar-refractivity contribution is 7.50. The van der Waals surface area contributed by atoms with Gasteiger partial charge in [-0.1, -0.05) is 6.07 Å². The van der Waals surface area contributed by atoms with Crippen molar-refractivity contribution in [2.75, 3.05) is 0 Å². The van der Waals surface area contributed by atoms with E-state index in [2.05, 4.69) is 36.6 Å². The third kappa shape index (κ3) is 1.55. The molecule has 0 unspecified atom stereocenters. The molecule has 20 heavy (non-hydrogen) atoms. The molecule has 0 aromatic carbocycles. The van der Waals surface area contributed by atoms with Gasteiger partial charge in [-0.3, -0.25) is 0 Å². The molecule has 0 bridgehead atoms. The van der Waals surface area contributed by atoms with E-state index in [1.165, 1.54) is 42.8 Å². The molecule has 0 aliphatic carbocycles. The fraction of sp³-hybridized carbons (Fsp3) is 0.0667. The van der Waals surface area contributed by atoms with E-state index in [1.54, 1.807) is 0 Å². The zero-order valence-electron chi connectivity index (χ0n) is 10.4. The van der Waals surface area contributed by atoms with Gasteiger partial charge in [0, 0.05) is 25.4 Å². The van der Waals surface area contributed by atoms with Crippen molar-refractivity contribution in [3.05, 3.63) is 34.5 Å². The van der Waals surface area contributed by atoms with E-state index in [9.17, 15) is 0 Å². The van der Waals surface area contributed by atoms with Crippen molar-refractivity contribution in [1.29, 1.82) is 0 Å². The van der Waals surface area contributed by atoms with Crippen molar-refractivity contribution in [1.82, 2.24) is 0 Å². The van der Waals surface area contributed by atoms with Crippen LogP contribution in [0.2, 0.25) is 0 Å². The molecule has 0 aliphatic rings. The maximum atomic E-state index is 2.39. The maximum absolute atomic E-state index is 2.39. The number of hydrogen-bond acceptors (Lipinski definition) is 5. The SMILES string of the molecule is Cc1cc2c(s1)sc1c3cc(-c4cccs4)sc3sc21. The highest BCUT2D eigenvalue weighted by Crippen LogP contribution is 2.50. The Bertz CT molecular complexity index is 1050. The maximum Gasteiger partial charge on any atom is 0.0893 e. The highest BCUT2D eigenvalue weighted by atomic mass is 32.2. The molecule has 0 radical (unpaired) electrons. The van der Waals surface area contributed by atoms with Gasteiger partial charge >= 0.3 is 0 Å². The van der Waals surface area contributed by atoms with Gasteiger partial charge < -0.3 is 0 Å². The van der Waals surface area contributed by atoms with Gasteiger partial charge in [0.2, 0.25) is 0 Å². The van der Waals surface area contributed by atoms with Crippen LogP contribution in [0.4, 0.5) is 0 Å². The Labute approximate surface area is 135 Å². The summed E-state index contributed by atoms with van der Waals surface area (Å²) in [6.45, 7) is 2.20. The van der Waals surface area contributed by atoms with Gasteiger partial charge in [-0.15, -0.1) is 56.7 Å². The molecular formula is C15H8S5. The minimum Gasteiger partial charge on any atom is -0.143 e. The van der Waals surface area contributed by atoms with Gasteiger partial charge in [0.25, 0.3) is 0 Å². The summed E-state index contributed by atoms with van der Waals surface area (Å²) >= 11 is 9.63. The van der Waals surface area contributed by atoms with Gasteiger partial charge in [0.15, 0.2) is 0 Å². The molecule has 0 N–H and O–H groups in total. The summed E-state index contributed by atoms with van der Waals surface area (Å²) < 4.78 is 5.94. The van der Waals surface area contributed by atoms with E-state index in [1.807, 2.05) is 56.7 Å². The molecule has 98 valence electrons. The predicted molar refractivity (Wildman–Crippen MR) is 98.5 cm³/mol. The first kappa shape index (κ1) is 11.9. The molecule has 0 nitrogen and oxygen atoms in total. The lowest BCUT2D eigenvalue weighted by Gasteiger charge is -1.87. The number of hydrogen-bond donors (Lipinski definition) is 0. The van der Waals surface area contributed by atoms with Gasteiger partial charge in [-0.05, 0) is 30.5 Å². The Morgan fingerprint density at radius 1 is 0.800 bits per heavy atom. The second-order valence-electron chi connectivity index (χ2n) is 4.71. The van der Waals surface area contributed by atoms with E-state index in [0.29, 0.717) is 0 Å². The first-order chi connectivity index (χ1) is 9.79. The Kier molecular flexibility index (Phi) is 2.46. The molecule has 0 aliphatic heterocycles. The average molecular weight is 349 g/mol. The summed E-state index contributed by atoms with van der Waals surface area (Å²) in [6.07, 6.45) is 0. The quantitative estimate of drug-likeness (QED) is 0.295. The average Bonchev–Trinajstić information content (AvgIpc) is 3.12. The minimum atomic E-state index is 1.39. The van der Waals surface area contributed by atoms with Crippen molar-refractivity contribution in [3.63, 3.8) is 0 Å². The number of thiophene rings is 5. The molecule has 5 heterocycles. The molecule has 0 spiro atoms. The number of fused-ring (bicyclic) bond motifs is 5. The normalized spacial score (nSPS) is 12.2. The molecule has 5 aromatic heterocycles. The molecule has 0 saturated heterocycles. The molecule has 0 amide bonds. The predicted octanol–water partition coefficient (Wildman–Crippen LogP) is 7.43. The highest BCUT2D eigenvalue weighted by Gasteiger charge is 2.16. The Hall–Kier alpha value is -0.720. The second-order valence-corrected chi connectivity index (χ2v) is 10.5. The van der Waals surface area contributed by atoms with E-state index in [0.717, 1.165) is 0 Å². The van der Waals surface area contributed by atoms with E-state index in [4.69, 9.17) is 0 Å². The fourth-order valence-corrected chi connectivity index (χ4v) is 8.83. The van der Waals surface area contributed by atoms with Crippen LogP contribution in [-0.4, -0.2) is 0 Å². The first-order valence-corrected chi connectivity index (χ1v) is 10.3. The largest absolute Gasteiger partial charge is 0.143 e. The third-order valence-electron chi connectivity index (χ3n) is 3.37. The molecular weight excluding hydrogens is 340 g/mol. The summed E-state index contributed by atoms with van der Waals surface area (Å²) in [5.41, 5.74) is 0. The zero-order valence-corrected chi connectivity index (χ0v) is 14.5. The number of aryl methyl sites for hydroxylation is 1. The van der Waals surface area contributed by atoms with Crippen molar-refractivity contribution >= 4 is 84.9 Å². The van der Waals surface area contributed by atoms with Crippen molar-refractivity contribution < 1.29 is 0 Å². The summed E-state index contributed by atoms with van der Waals surface area (Å²) in [5, 5.41) is 5.09. The van der Waals surface area contributed by atoms with Gasteiger partial charge in [0.1, 0.15) is 0 Å². The van der Waals surface area contributed by atoms with Gasteiger partial charge in [-0.25, -0.2) is 0 Å². The van der Waals surface area contributed by atoms with Crippen LogP contribution in [0.1, 0.15) is 4.88 Å². The van der Waals surface area contributed by atoms with Crippen LogP contribution in [0.15, 0.2) is 29.6 Å². The zero-order chi connectivity index (χ0) is 13.3. The van der Waals surface area contributed by atoms with Crippen LogP contribution in [0, 0.1) is 6.92 Å². The first-order valence-electron chi connectivity index (χ1n) is 6.18. The molecule has 0 atom stereocenters. The topological polar surface area (TPSA) is 0 Å². The smallest absolute Gasteiger partial charge is 0.0893 e. The Morgan fingerprint density at radius 3 is 2.30 bits per heavy atom. The lowest BCUT2D eigenvalue weighted by molar-refractivity contribution is 1.66. The van der Waals surface area contributed by atoms with E-state index in [-0.39, 0.29) is 0 Å². The lowest BCUT2D eigenvalue weighted by Crippen LogP contribution is -1.57.